The molecule has 0 saturated carbocycles. The van der Waals surface area contributed by atoms with Crippen LogP contribution < -0.4 is 29.7 Å². The molecule has 1 aliphatic heterocycles. The number of carbonyl (C=O) groups excluding carboxylic acids is 3. The second-order valence-electron chi connectivity index (χ2n) is 7.32. The van der Waals surface area contributed by atoms with E-state index in [1.165, 1.54) is 44.4 Å². The molecule has 9 nitrogen and oxygen atoms in total. The maximum atomic E-state index is 13.6. The SMILES string of the molecule is COc1cc(N2CC(C(=O)NCCNC(=O)c3ccccc3F)CC2=O)cc(OC)c1OC. The molecule has 0 bridgehead atoms. The van der Waals surface area contributed by atoms with Crippen LogP contribution in [0.4, 0.5) is 10.1 Å². The van der Waals surface area contributed by atoms with Gasteiger partial charge in [-0.25, -0.2) is 4.39 Å². The van der Waals surface area contributed by atoms with Crippen molar-refractivity contribution in [1.82, 2.24) is 10.6 Å². The van der Waals surface area contributed by atoms with E-state index in [0.717, 1.165) is 0 Å². The Labute approximate surface area is 190 Å². The van der Waals surface area contributed by atoms with Crippen LogP contribution in [0, 0.1) is 11.7 Å². The van der Waals surface area contributed by atoms with E-state index in [0.29, 0.717) is 22.9 Å². The van der Waals surface area contributed by atoms with Gasteiger partial charge in [-0.2, -0.15) is 0 Å². The van der Waals surface area contributed by atoms with Gasteiger partial charge in [-0.1, -0.05) is 12.1 Å². The average molecular weight is 459 g/mol. The first-order valence-electron chi connectivity index (χ1n) is 10.3. The van der Waals surface area contributed by atoms with Gasteiger partial charge in [0.25, 0.3) is 5.91 Å². The van der Waals surface area contributed by atoms with Crippen LogP contribution >= 0.6 is 0 Å². The molecular formula is C23H26FN3O6. The summed E-state index contributed by atoms with van der Waals surface area (Å²) in [6.45, 7) is 0.453. The average Bonchev–Trinajstić information content (AvgIpc) is 3.22. The van der Waals surface area contributed by atoms with E-state index in [1.807, 2.05) is 0 Å². The summed E-state index contributed by atoms with van der Waals surface area (Å²) < 4.78 is 29.6. The zero-order chi connectivity index (χ0) is 24.0. The molecule has 1 atom stereocenters. The van der Waals surface area contributed by atoms with Gasteiger partial charge >= 0.3 is 0 Å². The monoisotopic (exact) mass is 459 g/mol. The summed E-state index contributed by atoms with van der Waals surface area (Å²) in [5, 5.41) is 5.26. The highest BCUT2D eigenvalue weighted by Gasteiger charge is 2.35. The summed E-state index contributed by atoms with van der Waals surface area (Å²) >= 11 is 0. The Balaban J connectivity index is 1.56. The Morgan fingerprint density at radius 1 is 1.03 bits per heavy atom. The number of hydrogen-bond acceptors (Lipinski definition) is 6. The predicted octanol–water partition coefficient (Wildman–Crippen LogP) is 1.75. The number of amides is 3. The fraction of sp³-hybridized carbons (Fsp3) is 0.348. The maximum Gasteiger partial charge on any atom is 0.254 e. The quantitative estimate of drug-likeness (QED) is 0.554. The van der Waals surface area contributed by atoms with Gasteiger partial charge < -0.3 is 29.7 Å². The third-order valence-corrected chi connectivity index (χ3v) is 5.29. The van der Waals surface area contributed by atoms with Crippen molar-refractivity contribution in [2.45, 2.75) is 6.42 Å². The van der Waals surface area contributed by atoms with Crippen molar-refractivity contribution in [1.29, 1.82) is 0 Å². The van der Waals surface area contributed by atoms with Gasteiger partial charge in [0.05, 0.1) is 38.5 Å². The molecule has 0 aromatic heterocycles. The highest BCUT2D eigenvalue weighted by atomic mass is 19.1. The number of nitrogens with one attached hydrogen (secondary N) is 2. The molecule has 1 heterocycles. The van der Waals surface area contributed by atoms with Gasteiger partial charge in [0.1, 0.15) is 5.82 Å². The van der Waals surface area contributed by atoms with Crippen LogP contribution in [0.1, 0.15) is 16.8 Å². The summed E-state index contributed by atoms with van der Waals surface area (Å²) in [7, 11) is 4.45. The first-order chi connectivity index (χ1) is 15.9. The smallest absolute Gasteiger partial charge is 0.254 e. The number of anilines is 1. The Morgan fingerprint density at radius 2 is 1.67 bits per heavy atom. The number of benzene rings is 2. The van der Waals surface area contributed by atoms with Gasteiger partial charge in [0.2, 0.25) is 17.6 Å². The molecule has 0 aliphatic carbocycles. The van der Waals surface area contributed by atoms with Crippen molar-refractivity contribution in [3.05, 3.63) is 47.8 Å². The molecule has 176 valence electrons. The van der Waals surface area contributed by atoms with E-state index in [1.54, 1.807) is 18.2 Å². The van der Waals surface area contributed by atoms with Crippen molar-refractivity contribution in [3.63, 3.8) is 0 Å². The molecule has 2 aromatic rings. The van der Waals surface area contributed by atoms with Crippen LogP contribution in [0.3, 0.4) is 0 Å². The fourth-order valence-corrected chi connectivity index (χ4v) is 3.60. The highest BCUT2D eigenvalue weighted by Crippen LogP contribution is 2.42. The summed E-state index contributed by atoms with van der Waals surface area (Å²) in [6.07, 6.45) is 0.0457. The van der Waals surface area contributed by atoms with E-state index >= 15 is 0 Å². The molecule has 3 amide bonds. The minimum absolute atomic E-state index is 0.0457. The summed E-state index contributed by atoms with van der Waals surface area (Å²) in [5.41, 5.74) is 0.466. The molecule has 33 heavy (non-hydrogen) atoms. The molecule has 1 aliphatic rings. The lowest BCUT2D eigenvalue weighted by Crippen LogP contribution is -2.38. The Hall–Kier alpha value is -3.82. The van der Waals surface area contributed by atoms with E-state index in [4.69, 9.17) is 14.2 Å². The zero-order valence-electron chi connectivity index (χ0n) is 18.6. The zero-order valence-corrected chi connectivity index (χ0v) is 18.6. The molecule has 1 fully saturated rings. The van der Waals surface area contributed by atoms with Crippen molar-refractivity contribution in [2.75, 3.05) is 45.9 Å². The number of hydrogen-bond donors (Lipinski definition) is 2. The topological polar surface area (TPSA) is 106 Å². The van der Waals surface area contributed by atoms with Crippen LogP contribution in [0.5, 0.6) is 17.2 Å². The van der Waals surface area contributed by atoms with Crippen LogP contribution in [0.15, 0.2) is 36.4 Å². The number of nitrogens with zero attached hydrogens (tertiary/aromatic N) is 1. The highest BCUT2D eigenvalue weighted by molar-refractivity contribution is 6.00. The first kappa shape index (κ1) is 23.8. The third-order valence-electron chi connectivity index (χ3n) is 5.29. The summed E-state index contributed by atoms with van der Waals surface area (Å²) in [5.74, 6) is -1.05. The lowest BCUT2D eigenvalue weighted by Gasteiger charge is -2.20. The lowest BCUT2D eigenvalue weighted by molar-refractivity contribution is -0.126. The summed E-state index contributed by atoms with van der Waals surface area (Å²) in [6, 6.07) is 8.95. The van der Waals surface area contributed by atoms with Gasteiger partial charge in [-0.3, -0.25) is 14.4 Å². The Bertz CT molecular complexity index is 1020. The first-order valence-corrected chi connectivity index (χ1v) is 10.3. The van der Waals surface area contributed by atoms with Crippen molar-refractivity contribution in [3.8, 4) is 17.2 Å². The minimum atomic E-state index is -0.615. The van der Waals surface area contributed by atoms with Gasteiger partial charge in [-0.05, 0) is 12.1 Å². The molecule has 10 heteroatoms. The second-order valence-corrected chi connectivity index (χ2v) is 7.32. The maximum absolute atomic E-state index is 13.6. The molecule has 2 N–H and O–H groups in total. The molecule has 0 spiro atoms. The largest absolute Gasteiger partial charge is 0.493 e. The molecule has 2 aromatic carbocycles. The number of halogens is 1. The third kappa shape index (κ3) is 5.33. The second kappa shape index (κ2) is 10.7. The number of methoxy groups -OCH3 is 3. The lowest BCUT2D eigenvalue weighted by atomic mass is 10.1. The molecule has 0 radical (unpaired) electrons. The van der Waals surface area contributed by atoms with Crippen LogP contribution in [0.25, 0.3) is 0 Å². The molecule has 1 saturated heterocycles. The number of rotatable bonds is 9. The normalized spacial score (nSPS) is 15.2. The molecular weight excluding hydrogens is 433 g/mol. The van der Waals surface area contributed by atoms with E-state index in [2.05, 4.69) is 10.6 Å². The minimum Gasteiger partial charge on any atom is -0.493 e. The molecule has 1 unspecified atom stereocenters. The standard InChI is InChI=1S/C23H26FN3O6/c1-31-18-11-15(12-19(32-2)21(18)33-3)27-13-14(10-20(27)28)22(29)25-8-9-26-23(30)16-6-4-5-7-17(16)24/h4-7,11-12,14H,8-10,13H2,1-3H3,(H,25,29)(H,26,30). The number of ether oxygens (including phenoxy) is 3. The van der Waals surface area contributed by atoms with Crippen LogP contribution in [-0.4, -0.2) is 58.7 Å². The van der Waals surface area contributed by atoms with Crippen LogP contribution in [-0.2, 0) is 9.59 Å². The van der Waals surface area contributed by atoms with Crippen molar-refractivity contribution >= 4 is 23.4 Å². The van der Waals surface area contributed by atoms with Gasteiger partial charge in [0.15, 0.2) is 11.5 Å². The summed E-state index contributed by atoms with van der Waals surface area (Å²) in [4.78, 5) is 38.7. The van der Waals surface area contributed by atoms with Crippen LogP contribution in [0.2, 0.25) is 0 Å². The van der Waals surface area contributed by atoms with Crippen molar-refractivity contribution < 1.29 is 33.0 Å². The van der Waals surface area contributed by atoms with E-state index in [9.17, 15) is 18.8 Å². The van der Waals surface area contributed by atoms with Gasteiger partial charge in [0, 0.05) is 38.2 Å². The predicted molar refractivity (Wildman–Crippen MR) is 118 cm³/mol. The van der Waals surface area contributed by atoms with E-state index in [-0.39, 0.29) is 43.4 Å². The Morgan fingerprint density at radius 3 is 2.27 bits per heavy atom. The number of carbonyl (C=O) groups is 3. The Kier molecular flexibility index (Phi) is 7.70. The van der Waals surface area contributed by atoms with Crippen molar-refractivity contribution in [2.24, 2.45) is 5.92 Å². The fourth-order valence-electron chi connectivity index (χ4n) is 3.60. The molecule has 3 rings (SSSR count). The van der Waals surface area contributed by atoms with Gasteiger partial charge in [-0.15, -0.1) is 0 Å². The van der Waals surface area contributed by atoms with E-state index < -0.39 is 17.6 Å².